The van der Waals surface area contributed by atoms with Gasteiger partial charge in [-0.1, -0.05) is 44.2 Å². The first-order chi connectivity index (χ1) is 16.5. The number of carbonyl (C=O) groups excluding carboxylic acids is 2. The van der Waals surface area contributed by atoms with E-state index in [9.17, 15) is 9.59 Å². The molecule has 2 heterocycles. The van der Waals surface area contributed by atoms with Crippen molar-refractivity contribution < 1.29 is 14.3 Å². The number of hydrogen-bond donors (Lipinski definition) is 2. The number of ether oxygens (including phenoxy) is 1. The van der Waals surface area contributed by atoms with Gasteiger partial charge in [0.25, 0.3) is 5.91 Å². The quantitative estimate of drug-likeness (QED) is 0.598. The van der Waals surface area contributed by atoms with Gasteiger partial charge in [0.2, 0.25) is 5.91 Å². The maximum Gasteiger partial charge on any atom is 0.253 e. The Labute approximate surface area is 203 Å². The summed E-state index contributed by atoms with van der Waals surface area (Å²) in [6.45, 7) is 6.83. The summed E-state index contributed by atoms with van der Waals surface area (Å²) in [5, 5.41) is 6.00. The van der Waals surface area contributed by atoms with Crippen LogP contribution in [0.15, 0.2) is 48.5 Å². The normalized spacial score (nSPS) is 18.8. The Morgan fingerprint density at radius 2 is 1.82 bits per heavy atom. The standard InChI is InChI=1S/C28H37N3O3/c1-20(2)27(32)30-23-10-11-26(25(18-23)28(33)29-19-24-9-6-16-34-24)31-14-12-22(13-15-31)17-21-7-4-3-5-8-21/h3-5,7-8,10-11,18,20,22,24H,6,9,12-17,19H2,1-2H3,(H,29,33)(H,30,32)/t24-/m1/s1. The van der Waals surface area contributed by atoms with Crippen LogP contribution in [0.4, 0.5) is 11.4 Å². The molecule has 0 spiro atoms. The SMILES string of the molecule is CC(C)C(=O)Nc1ccc(N2CCC(Cc3ccccc3)CC2)c(C(=O)NC[C@H]2CCCO2)c1. The highest BCUT2D eigenvalue weighted by Gasteiger charge is 2.25. The predicted molar refractivity (Wildman–Crippen MR) is 136 cm³/mol. The molecule has 6 nitrogen and oxygen atoms in total. The lowest BCUT2D eigenvalue weighted by Gasteiger charge is -2.35. The third-order valence-electron chi connectivity index (χ3n) is 6.87. The first-order valence-electron chi connectivity index (χ1n) is 12.6. The number of anilines is 2. The van der Waals surface area contributed by atoms with E-state index in [4.69, 9.17) is 4.74 Å². The van der Waals surface area contributed by atoms with Gasteiger partial charge in [0.05, 0.1) is 11.7 Å². The van der Waals surface area contributed by atoms with Gasteiger partial charge in [0, 0.05) is 43.5 Å². The fraction of sp³-hybridized carbons (Fsp3) is 0.500. The maximum atomic E-state index is 13.2. The highest BCUT2D eigenvalue weighted by atomic mass is 16.5. The van der Waals surface area contributed by atoms with Gasteiger partial charge in [-0.25, -0.2) is 0 Å². The molecule has 0 bridgehead atoms. The van der Waals surface area contributed by atoms with E-state index in [1.807, 2.05) is 32.0 Å². The van der Waals surface area contributed by atoms with E-state index < -0.39 is 0 Å². The fourth-order valence-electron chi connectivity index (χ4n) is 4.79. The van der Waals surface area contributed by atoms with Crippen LogP contribution in [0.1, 0.15) is 55.5 Å². The zero-order valence-corrected chi connectivity index (χ0v) is 20.4. The number of piperidine rings is 1. The Bertz CT molecular complexity index is 962. The van der Waals surface area contributed by atoms with Crippen molar-refractivity contribution >= 4 is 23.2 Å². The van der Waals surface area contributed by atoms with Crippen LogP contribution in [0.3, 0.4) is 0 Å². The minimum Gasteiger partial charge on any atom is -0.376 e. The van der Waals surface area contributed by atoms with Crippen LogP contribution in [0.5, 0.6) is 0 Å². The summed E-state index contributed by atoms with van der Waals surface area (Å²) in [7, 11) is 0. The summed E-state index contributed by atoms with van der Waals surface area (Å²) in [4.78, 5) is 27.8. The minimum atomic E-state index is -0.125. The third-order valence-corrected chi connectivity index (χ3v) is 6.87. The smallest absolute Gasteiger partial charge is 0.253 e. The van der Waals surface area contributed by atoms with Crippen LogP contribution in [-0.2, 0) is 16.0 Å². The molecule has 2 amide bonds. The molecule has 0 aromatic heterocycles. The molecule has 0 unspecified atom stereocenters. The first-order valence-corrected chi connectivity index (χ1v) is 12.6. The Hall–Kier alpha value is -2.86. The molecule has 2 aliphatic heterocycles. The molecule has 4 rings (SSSR count). The molecule has 182 valence electrons. The molecule has 2 aliphatic rings. The van der Waals surface area contributed by atoms with E-state index in [1.54, 1.807) is 0 Å². The van der Waals surface area contributed by atoms with E-state index in [2.05, 4.69) is 45.9 Å². The topological polar surface area (TPSA) is 70.7 Å². The molecule has 2 aromatic carbocycles. The van der Waals surface area contributed by atoms with Gasteiger partial charge < -0.3 is 20.3 Å². The number of amides is 2. The van der Waals surface area contributed by atoms with Gasteiger partial charge in [-0.2, -0.15) is 0 Å². The van der Waals surface area contributed by atoms with Crippen LogP contribution >= 0.6 is 0 Å². The van der Waals surface area contributed by atoms with Crippen LogP contribution in [0, 0.1) is 11.8 Å². The molecule has 2 aromatic rings. The van der Waals surface area contributed by atoms with Gasteiger partial charge in [-0.3, -0.25) is 9.59 Å². The molecule has 1 atom stereocenters. The van der Waals surface area contributed by atoms with Crippen molar-refractivity contribution in [2.45, 2.75) is 52.1 Å². The second kappa shape index (κ2) is 11.5. The van der Waals surface area contributed by atoms with Crippen molar-refractivity contribution in [3.63, 3.8) is 0 Å². The molecular weight excluding hydrogens is 426 g/mol. The summed E-state index contributed by atoms with van der Waals surface area (Å²) >= 11 is 0. The van der Waals surface area contributed by atoms with Gasteiger partial charge in [0.15, 0.2) is 0 Å². The molecular formula is C28H37N3O3. The summed E-state index contributed by atoms with van der Waals surface area (Å²) in [6, 6.07) is 16.4. The van der Waals surface area contributed by atoms with E-state index in [0.29, 0.717) is 23.7 Å². The van der Waals surface area contributed by atoms with Crippen molar-refractivity contribution in [1.29, 1.82) is 0 Å². The molecule has 2 N–H and O–H groups in total. The van der Waals surface area contributed by atoms with Crippen molar-refractivity contribution in [1.82, 2.24) is 5.32 Å². The Kier molecular flexibility index (Phi) is 8.22. The minimum absolute atomic E-state index is 0.0554. The number of nitrogens with zero attached hydrogens (tertiary/aromatic N) is 1. The highest BCUT2D eigenvalue weighted by molar-refractivity contribution is 6.02. The van der Waals surface area contributed by atoms with E-state index in [-0.39, 0.29) is 23.8 Å². The van der Waals surface area contributed by atoms with Crippen molar-refractivity contribution in [2.24, 2.45) is 11.8 Å². The Morgan fingerprint density at radius 3 is 2.50 bits per heavy atom. The van der Waals surface area contributed by atoms with Crippen LogP contribution in [0.25, 0.3) is 0 Å². The lowest BCUT2D eigenvalue weighted by Crippen LogP contribution is -2.37. The number of nitrogens with one attached hydrogen (secondary N) is 2. The lowest BCUT2D eigenvalue weighted by molar-refractivity contribution is -0.118. The lowest BCUT2D eigenvalue weighted by atomic mass is 9.89. The van der Waals surface area contributed by atoms with Gasteiger partial charge in [0.1, 0.15) is 0 Å². The number of benzene rings is 2. The monoisotopic (exact) mass is 463 g/mol. The molecule has 2 saturated heterocycles. The fourth-order valence-corrected chi connectivity index (χ4v) is 4.79. The largest absolute Gasteiger partial charge is 0.376 e. The van der Waals surface area contributed by atoms with Crippen molar-refractivity contribution in [2.75, 3.05) is 36.5 Å². The second-order valence-corrected chi connectivity index (χ2v) is 9.84. The second-order valence-electron chi connectivity index (χ2n) is 9.84. The molecule has 2 fully saturated rings. The van der Waals surface area contributed by atoms with Crippen molar-refractivity contribution in [3.05, 3.63) is 59.7 Å². The average molecular weight is 464 g/mol. The predicted octanol–water partition coefficient (Wildman–Crippen LogP) is 4.65. The Balaban J connectivity index is 1.46. The Morgan fingerprint density at radius 1 is 1.06 bits per heavy atom. The third kappa shape index (κ3) is 6.38. The van der Waals surface area contributed by atoms with E-state index in [0.717, 1.165) is 57.5 Å². The molecule has 0 aliphatic carbocycles. The number of carbonyl (C=O) groups is 2. The number of rotatable bonds is 8. The van der Waals surface area contributed by atoms with Crippen LogP contribution in [0.2, 0.25) is 0 Å². The molecule has 6 heteroatoms. The highest BCUT2D eigenvalue weighted by Crippen LogP contribution is 2.30. The molecule has 0 radical (unpaired) electrons. The zero-order chi connectivity index (χ0) is 23.9. The summed E-state index contributed by atoms with van der Waals surface area (Å²) < 4.78 is 5.67. The van der Waals surface area contributed by atoms with Crippen LogP contribution in [-0.4, -0.2) is 44.2 Å². The van der Waals surface area contributed by atoms with Crippen LogP contribution < -0.4 is 15.5 Å². The molecule has 0 saturated carbocycles. The maximum absolute atomic E-state index is 13.2. The summed E-state index contributed by atoms with van der Waals surface area (Å²) in [5.74, 6) is 0.359. The first kappa shape index (κ1) is 24.3. The van der Waals surface area contributed by atoms with Crippen molar-refractivity contribution in [3.8, 4) is 0 Å². The summed E-state index contributed by atoms with van der Waals surface area (Å²) in [6.07, 6.45) is 5.40. The van der Waals surface area contributed by atoms with Gasteiger partial charge in [-0.05, 0) is 61.8 Å². The van der Waals surface area contributed by atoms with E-state index in [1.165, 1.54) is 5.56 Å². The van der Waals surface area contributed by atoms with Gasteiger partial charge >= 0.3 is 0 Å². The van der Waals surface area contributed by atoms with E-state index >= 15 is 0 Å². The zero-order valence-electron chi connectivity index (χ0n) is 20.4. The number of hydrogen-bond acceptors (Lipinski definition) is 4. The molecule has 34 heavy (non-hydrogen) atoms. The summed E-state index contributed by atoms with van der Waals surface area (Å²) in [5.41, 5.74) is 3.59. The van der Waals surface area contributed by atoms with Gasteiger partial charge in [-0.15, -0.1) is 0 Å². The average Bonchev–Trinajstić information content (AvgIpc) is 3.37.